The number of carbonyl (C=O) groups excluding carboxylic acids is 2. The number of hydrazone groups is 1. The summed E-state index contributed by atoms with van der Waals surface area (Å²) in [6.07, 6.45) is 2.69. The number of hydrogen-bond acceptors (Lipinski definition) is 3. The van der Waals surface area contributed by atoms with Crippen LogP contribution in [-0.4, -0.2) is 24.1 Å². The van der Waals surface area contributed by atoms with E-state index in [0.717, 1.165) is 12.8 Å². The molecule has 2 rings (SSSR count). The summed E-state index contributed by atoms with van der Waals surface area (Å²) in [5.41, 5.74) is 1.11. The van der Waals surface area contributed by atoms with Crippen LogP contribution in [0.25, 0.3) is 0 Å². The maximum atomic E-state index is 12.0. The standard InChI is InChI=1S/C15H19N3O2/c1-2-3-11-16-15(20)13-9-10-14(19)18(17-13)12-7-5-4-6-8-12/h4-8H,2-3,9-11H2,1H3,(H,16,20). The zero-order chi connectivity index (χ0) is 14.4. The molecule has 106 valence electrons. The molecule has 0 unspecified atom stereocenters. The number of para-hydroxylation sites is 1. The molecule has 2 amide bonds. The van der Waals surface area contributed by atoms with E-state index in [9.17, 15) is 9.59 Å². The molecule has 0 aliphatic carbocycles. The highest BCUT2D eigenvalue weighted by atomic mass is 16.2. The van der Waals surface area contributed by atoms with E-state index in [0.29, 0.717) is 30.8 Å². The van der Waals surface area contributed by atoms with Gasteiger partial charge >= 0.3 is 0 Å². The van der Waals surface area contributed by atoms with Crippen molar-refractivity contribution >= 4 is 23.2 Å². The summed E-state index contributed by atoms with van der Waals surface area (Å²) < 4.78 is 0. The lowest BCUT2D eigenvalue weighted by atomic mass is 10.1. The average Bonchev–Trinajstić information content (AvgIpc) is 2.49. The van der Waals surface area contributed by atoms with Crippen molar-refractivity contribution in [3.8, 4) is 0 Å². The maximum Gasteiger partial charge on any atom is 0.267 e. The molecule has 1 heterocycles. The van der Waals surface area contributed by atoms with Crippen LogP contribution in [0.4, 0.5) is 5.69 Å². The first kappa shape index (κ1) is 14.2. The molecular formula is C15H19N3O2. The predicted molar refractivity (Wildman–Crippen MR) is 78.5 cm³/mol. The molecule has 0 radical (unpaired) electrons. The van der Waals surface area contributed by atoms with E-state index in [2.05, 4.69) is 17.3 Å². The molecule has 0 fully saturated rings. The highest BCUT2D eigenvalue weighted by Gasteiger charge is 2.25. The largest absolute Gasteiger partial charge is 0.351 e. The predicted octanol–water partition coefficient (Wildman–Crippen LogP) is 2.09. The van der Waals surface area contributed by atoms with Crippen LogP contribution in [0, 0.1) is 0 Å². The van der Waals surface area contributed by atoms with E-state index in [-0.39, 0.29) is 11.8 Å². The summed E-state index contributed by atoms with van der Waals surface area (Å²) in [5, 5.41) is 8.35. The summed E-state index contributed by atoms with van der Waals surface area (Å²) >= 11 is 0. The smallest absolute Gasteiger partial charge is 0.267 e. The van der Waals surface area contributed by atoms with Crippen LogP contribution in [0.1, 0.15) is 32.6 Å². The normalized spacial score (nSPS) is 14.9. The first-order valence-corrected chi connectivity index (χ1v) is 6.96. The molecular weight excluding hydrogens is 254 g/mol. The van der Waals surface area contributed by atoms with Crippen LogP contribution < -0.4 is 10.3 Å². The molecule has 1 aliphatic heterocycles. The van der Waals surface area contributed by atoms with Crippen molar-refractivity contribution in [1.82, 2.24) is 5.32 Å². The molecule has 1 aromatic rings. The molecule has 0 aromatic heterocycles. The Labute approximate surface area is 118 Å². The fourth-order valence-electron chi connectivity index (χ4n) is 1.97. The van der Waals surface area contributed by atoms with Gasteiger partial charge in [-0.1, -0.05) is 31.5 Å². The second-order valence-electron chi connectivity index (χ2n) is 4.70. The minimum atomic E-state index is -0.174. The third-order valence-corrected chi connectivity index (χ3v) is 3.11. The van der Waals surface area contributed by atoms with E-state index in [1.165, 1.54) is 5.01 Å². The zero-order valence-electron chi connectivity index (χ0n) is 11.6. The topological polar surface area (TPSA) is 61.8 Å². The fourth-order valence-corrected chi connectivity index (χ4v) is 1.97. The Morgan fingerprint density at radius 3 is 2.75 bits per heavy atom. The Kier molecular flexibility index (Phi) is 4.87. The summed E-state index contributed by atoms with van der Waals surface area (Å²) in [6.45, 7) is 2.72. The Morgan fingerprint density at radius 1 is 1.30 bits per heavy atom. The van der Waals surface area contributed by atoms with Gasteiger partial charge in [-0.2, -0.15) is 5.10 Å². The number of rotatable bonds is 5. The van der Waals surface area contributed by atoms with Gasteiger partial charge in [-0.05, 0) is 18.6 Å². The molecule has 0 atom stereocenters. The number of hydrogen-bond donors (Lipinski definition) is 1. The van der Waals surface area contributed by atoms with Gasteiger partial charge in [0.1, 0.15) is 5.71 Å². The SMILES string of the molecule is CCCCNC(=O)C1=NN(c2ccccc2)C(=O)CC1. The highest BCUT2D eigenvalue weighted by Crippen LogP contribution is 2.19. The number of anilines is 1. The van der Waals surface area contributed by atoms with Crippen LogP contribution >= 0.6 is 0 Å². The molecule has 0 saturated heterocycles. The minimum Gasteiger partial charge on any atom is -0.351 e. The van der Waals surface area contributed by atoms with Crippen molar-refractivity contribution in [2.24, 2.45) is 5.10 Å². The molecule has 0 saturated carbocycles. The second kappa shape index (κ2) is 6.84. The van der Waals surface area contributed by atoms with Crippen LogP contribution in [0.5, 0.6) is 0 Å². The quantitative estimate of drug-likeness (QED) is 0.835. The minimum absolute atomic E-state index is 0.0821. The number of carbonyl (C=O) groups is 2. The molecule has 20 heavy (non-hydrogen) atoms. The van der Waals surface area contributed by atoms with Gasteiger partial charge in [0.25, 0.3) is 5.91 Å². The molecule has 1 aliphatic rings. The van der Waals surface area contributed by atoms with E-state index < -0.39 is 0 Å². The number of nitrogens with one attached hydrogen (secondary N) is 1. The first-order valence-electron chi connectivity index (χ1n) is 6.96. The average molecular weight is 273 g/mol. The summed E-state index contributed by atoms with van der Waals surface area (Å²) in [6, 6.07) is 9.17. The van der Waals surface area contributed by atoms with Crippen LogP contribution in [0.3, 0.4) is 0 Å². The Hall–Kier alpha value is -2.17. The van der Waals surface area contributed by atoms with E-state index in [1.807, 2.05) is 18.2 Å². The van der Waals surface area contributed by atoms with Gasteiger partial charge in [0.15, 0.2) is 0 Å². The van der Waals surface area contributed by atoms with Crippen LogP contribution in [0.2, 0.25) is 0 Å². The fraction of sp³-hybridized carbons (Fsp3) is 0.400. The van der Waals surface area contributed by atoms with Crippen molar-refractivity contribution < 1.29 is 9.59 Å². The third kappa shape index (κ3) is 3.44. The number of unbranched alkanes of at least 4 members (excludes halogenated alkanes) is 1. The van der Waals surface area contributed by atoms with E-state index in [4.69, 9.17) is 0 Å². The van der Waals surface area contributed by atoms with Gasteiger partial charge in [0, 0.05) is 19.4 Å². The molecule has 1 aromatic carbocycles. The third-order valence-electron chi connectivity index (χ3n) is 3.11. The zero-order valence-corrected chi connectivity index (χ0v) is 11.6. The second-order valence-corrected chi connectivity index (χ2v) is 4.70. The van der Waals surface area contributed by atoms with Crippen molar-refractivity contribution in [3.63, 3.8) is 0 Å². The Bertz CT molecular complexity index is 511. The van der Waals surface area contributed by atoms with Gasteiger partial charge in [0.05, 0.1) is 5.69 Å². The van der Waals surface area contributed by atoms with Crippen LogP contribution in [0.15, 0.2) is 35.4 Å². The highest BCUT2D eigenvalue weighted by molar-refractivity contribution is 6.40. The van der Waals surface area contributed by atoms with E-state index in [1.54, 1.807) is 12.1 Å². The first-order chi connectivity index (χ1) is 9.72. The molecule has 5 heteroatoms. The van der Waals surface area contributed by atoms with Crippen molar-refractivity contribution in [2.45, 2.75) is 32.6 Å². The lowest BCUT2D eigenvalue weighted by Gasteiger charge is -2.23. The monoisotopic (exact) mass is 273 g/mol. The van der Waals surface area contributed by atoms with Gasteiger partial charge in [0.2, 0.25) is 5.91 Å². The molecule has 5 nitrogen and oxygen atoms in total. The number of benzene rings is 1. The number of amides is 2. The summed E-state index contributed by atoms with van der Waals surface area (Å²) in [4.78, 5) is 23.9. The van der Waals surface area contributed by atoms with Crippen molar-refractivity contribution in [1.29, 1.82) is 0 Å². The van der Waals surface area contributed by atoms with Gasteiger partial charge in [-0.15, -0.1) is 0 Å². The number of nitrogens with zero attached hydrogens (tertiary/aromatic N) is 2. The lowest BCUT2D eigenvalue weighted by Crippen LogP contribution is -2.39. The summed E-state index contributed by atoms with van der Waals surface area (Å²) in [7, 11) is 0. The van der Waals surface area contributed by atoms with Gasteiger partial charge < -0.3 is 5.32 Å². The van der Waals surface area contributed by atoms with Gasteiger partial charge in [-0.3, -0.25) is 9.59 Å². The molecule has 0 bridgehead atoms. The van der Waals surface area contributed by atoms with Gasteiger partial charge in [-0.25, -0.2) is 5.01 Å². The van der Waals surface area contributed by atoms with Crippen LogP contribution in [-0.2, 0) is 9.59 Å². The molecule has 1 N–H and O–H groups in total. The maximum absolute atomic E-state index is 12.0. The van der Waals surface area contributed by atoms with E-state index >= 15 is 0 Å². The summed E-state index contributed by atoms with van der Waals surface area (Å²) in [5.74, 6) is -0.256. The molecule has 0 spiro atoms. The Morgan fingerprint density at radius 2 is 2.05 bits per heavy atom. The van der Waals surface area contributed by atoms with Crippen molar-refractivity contribution in [2.75, 3.05) is 11.6 Å². The lowest BCUT2D eigenvalue weighted by molar-refractivity contribution is -0.118. The Balaban J connectivity index is 2.10. The van der Waals surface area contributed by atoms with Crippen molar-refractivity contribution in [3.05, 3.63) is 30.3 Å².